The minimum atomic E-state index is 0. The second-order valence-corrected chi connectivity index (χ2v) is 7.47. The first kappa shape index (κ1) is 23.1. The van der Waals surface area contributed by atoms with Crippen molar-refractivity contribution in [2.45, 2.75) is 38.8 Å². The quantitative estimate of drug-likeness (QED) is 0.671. The van der Waals surface area contributed by atoms with Crippen molar-refractivity contribution in [1.29, 1.82) is 0 Å². The molecule has 0 unspecified atom stereocenters. The van der Waals surface area contributed by atoms with Gasteiger partial charge in [-0.15, -0.1) is 24.8 Å². The normalized spacial score (nSPS) is 14.6. The van der Waals surface area contributed by atoms with Gasteiger partial charge in [-0.3, -0.25) is 4.79 Å². The molecule has 0 bridgehead atoms. The van der Waals surface area contributed by atoms with Crippen molar-refractivity contribution in [3.05, 3.63) is 48.2 Å². The molecule has 1 fully saturated rings. The topological polar surface area (TPSA) is 77.0 Å². The summed E-state index contributed by atoms with van der Waals surface area (Å²) in [5, 5.41) is 5.30. The Morgan fingerprint density at radius 2 is 1.79 bits per heavy atom. The van der Waals surface area contributed by atoms with E-state index in [1.165, 1.54) is 0 Å². The van der Waals surface area contributed by atoms with Gasteiger partial charge in [0.15, 0.2) is 5.65 Å². The number of hydrogen-bond acceptors (Lipinski definition) is 4. The number of halogens is 2. The molecule has 3 heterocycles. The molecule has 1 aliphatic rings. The van der Waals surface area contributed by atoms with Gasteiger partial charge in [0.2, 0.25) is 0 Å². The van der Waals surface area contributed by atoms with E-state index in [2.05, 4.69) is 18.9 Å². The Kier molecular flexibility index (Phi) is 7.63. The molecule has 3 aromatic rings. The molecular weight excluding hydrogens is 409 g/mol. The summed E-state index contributed by atoms with van der Waals surface area (Å²) in [6, 6.07) is 12.2. The highest BCUT2D eigenvalue weighted by Gasteiger charge is 2.25. The van der Waals surface area contributed by atoms with Gasteiger partial charge in [-0.1, -0.05) is 30.3 Å². The van der Waals surface area contributed by atoms with Gasteiger partial charge in [0, 0.05) is 30.7 Å². The number of nitrogens with two attached hydrogens (primary N) is 1. The molecule has 0 radical (unpaired) electrons. The van der Waals surface area contributed by atoms with E-state index in [0.717, 1.165) is 35.1 Å². The average molecular weight is 436 g/mol. The number of piperidine rings is 1. The maximum atomic E-state index is 13.3. The molecule has 29 heavy (non-hydrogen) atoms. The van der Waals surface area contributed by atoms with Gasteiger partial charge in [-0.2, -0.15) is 5.10 Å². The number of carbonyl (C=O) groups is 1. The average Bonchev–Trinajstić information content (AvgIpc) is 3.12. The molecule has 1 amide bonds. The Hall–Kier alpha value is -2.15. The van der Waals surface area contributed by atoms with E-state index in [-0.39, 0.29) is 42.8 Å². The largest absolute Gasteiger partial charge is 0.339 e. The highest BCUT2D eigenvalue weighted by atomic mass is 35.5. The number of nitrogens with zero attached hydrogens (tertiary/aromatic N) is 4. The van der Waals surface area contributed by atoms with Crippen molar-refractivity contribution in [2.75, 3.05) is 13.1 Å². The maximum Gasteiger partial charge on any atom is 0.254 e. The van der Waals surface area contributed by atoms with E-state index in [0.29, 0.717) is 18.7 Å². The van der Waals surface area contributed by atoms with Gasteiger partial charge in [-0.05, 0) is 32.8 Å². The highest BCUT2D eigenvalue weighted by Crippen LogP contribution is 2.27. The number of aromatic nitrogens is 3. The van der Waals surface area contributed by atoms with Crippen molar-refractivity contribution < 1.29 is 4.79 Å². The van der Waals surface area contributed by atoms with E-state index < -0.39 is 0 Å². The lowest BCUT2D eigenvalue weighted by Crippen LogP contribution is -2.42. The summed E-state index contributed by atoms with van der Waals surface area (Å²) in [4.78, 5) is 20.0. The molecule has 2 aromatic heterocycles. The summed E-state index contributed by atoms with van der Waals surface area (Å²) in [5.41, 5.74) is 9.21. The third-order valence-electron chi connectivity index (χ3n) is 5.18. The molecule has 1 saturated heterocycles. The number of benzene rings is 1. The first-order valence-electron chi connectivity index (χ1n) is 9.53. The molecule has 0 saturated carbocycles. The Morgan fingerprint density at radius 1 is 1.14 bits per heavy atom. The van der Waals surface area contributed by atoms with Crippen LogP contribution in [0.3, 0.4) is 0 Å². The zero-order valence-corrected chi connectivity index (χ0v) is 18.2. The Balaban J connectivity index is 0.00000150. The second-order valence-electron chi connectivity index (χ2n) is 7.47. The molecule has 4 rings (SSSR count). The summed E-state index contributed by atoms with van der Waals surface area (Å²) >= 11 is 0. The van der Waals surface area contributed by atoms with Crippen molar-refractivity contribution in [3.8, 4) is 11.3 Å². The molecular formula is C21H27Cl2N5O. The first-order chi connectivity index (χ1) is 13.0. The fourth-order valence-electron chi connectivity index (χ4n) is 3.60. The Morgan fingerprint density at radius 3 is 2.41 bits per heavy atom. The van der Waals surface area contributed by atoms with Gasteiger partial charge in [-0.25, -0.2) is 9.67 Å². The van der Waals surface area contributed by atoms with E-state index in [1.807, 2.05) is 46.0 Å². The van der Waals surface area contributed by atoms with Crippen LogP contribution in [-0.2, 0) is 0 Å². The zero-order valence-electron chi connectivity index (χ0n) is 16.6. The van der Waals surface area contributed by atoms with Crippen LogP contribution in [0.1, 0.15) is 43.1 Å². The monoisotopic (exact) mass is 435 g/mol. The fourth-order valence-corrected chi connectivity index (χ4v) is 3.60. The van der Waals surface area contributed by atoms with Gasteiger partial charge < -0.3 is 10.6 Å². The number of carbonyl (C=O) groups excluding carboxylic acids is 1. The number of hydrogen-bond donors (Lipinski definition) is 1. The summed E-state index contributed by atoms with van der Waals surface area (Å²) in [6.07, 6.45) is 3.45. The SMILES string of the molecule is CC(C)n1ncc2c(C(=O)N3CCC(N)CC3)cc(-c3ccccc3)nc21.Cl.Cl. The van der Waals surface area contributed by atoms with Gasteiger partial charge in [0.25, 0.3) is 5.91 Å². The standard InChI is InChI=1S/C21H25N5O.2ClH/c1-14(2)26-20-18(13-23-26)17(21(27)25-10-8-16(22)9-11-25)12-19(24-20)15-6-4-3-5-7-15;;/h3-7,12-14,16H,8-11,22H2,1-2H3;2*1H. The van der Waals surface area contributed by atoms with E-state index >= 15 is 0 Å². The van der Waals surface area contributed by atoms with Crippen molar-refractivity contribution in [1.82, 2.24) is 19.7 Å². The lowest BCUT2D eigenvalue weighted by Gasteiger charge is -2.30. The number of amides is 1. The molecule has 0 spiro atoms. The summed E-state index contributed by atoms with van der Waals surface area (Å²) in [5.74, 6) is 0.0368. The smallest absolute Gasteiger partial charge is 0.254 e. The van der Waals surface area contributed by atoms with Crippen LogP contribution in [0.2, 0.25) is 0 Å². The third-order valence-corrected chi connectivity index (χ3v) is 5.18. The van der Waals surface area contributed by atoms with Crippen LogP contribution >= 0.6 is 24.8 Å². The van der Waals surface area contributed by atoms with Crippen LogP contribution < -0.4 is 5.73 Å². The molecule has 0 aliphatic carbocycles. The molecule has 1 aromatic carbocycles. The summed E-state index contributed by atoms with van der Waals surface area (Å²) < 4.78 is 1.88. The van der Waals surface area contributed by atoms with Crippen LogP contribution in [0.25, 0.3) is 22.3 Å². The van der Waals surface area contributed by atoms with Gasteiger partial charge in [0.1, 0.15) is 0 Å². The van der Waals surface area contributed by atoms with Crippen molar-refractivity contribution >= 4 is 41.8 Å². The van der Waals surface area contributed by atoms with Crippen LogP contribution in [0.4, 0.5) is 0 Å². The predicted octanol–water partition coefficient (Wildman–Crippen LogP) is 4.09. The van der Waals surface area contributed by atoms with Crippen LogP contribution in [0.15, 0.2) is 42.6 Å². The maximum absolute atomic E-state index is 13.3. The fraction of sp³-hybridized carbons (Fsp3) is 0.381. The zero-order chi connectivity index (χ0) is 19.0. The van der Waals surface area contributed by atoms with Crippen molar-refractivity contribution in [2.24, 2.45) is 5.73 Å². The number of likely N-dealkylation sites (tertiary alicyclic amines) is 1. The lowest BCUT2D eigenvalue weighted by molar-refractivity contribution is 0.0716. The molecule has 156 valence electrons. The lowest BCUT2D eigenvalue weighted by atomic mass is 10.0. The second kappa shape index (κ2) is 9.57. The Bertz CT molecular complexity index is 966. The van der Waals surface area contributed by atoms with E-state index in [9.17, 15) is 4.79 Å². The first-order valence-corrected chi connectivity index (χ1v) is 9.53. The molecule has 2 N–H and O–H groups in total. The minimum Gasteiger partial charge on any atom is -0.339 e. The molecule has 0 atom stereocenters. The van der Waals surface area contributed by atoms with Gasteiger partial charge in [0.05, 0.1) is 22.8 Å². The third kappa shape index (κ3) is 4.55. The molecule has 6 nitrogen and oxygen atoms in total. The van der Waals surface area contributed by atoms with Gasteiger partial charge >= 0.3 is 0 Å². The van der Waals surface area contributed by atoms with E-state index in [4.69, 9.17) is 10.7 Å². The Labute approximate surface area is 183 Å². The predicted molar refractivity (Wildman–Crippen MR) is 121 cm³/mol. The number of rotatable bonds is 3. The summed E-state index contributed by atoms with van der Waals surface area (Å²) in [7, 11) is 0. The molecule has 1 aliphatic heterocycles. The van der Waals surface area contributed by atoms with Crippen LogP contribution in [-0.4, -0.2) is 44.7 Å². The van der Waals surface area contributed by atoms with Crippen LogP contribution in [0.5, 0.6) is 0 Å². The summed E-state index contributed by atoms with van der Waals surface area (Å²) in [6.45, 7) is 5.53. The number of pyridine rings is 1. The highest BCUT2D eigenvalue weighted by molar-refractivity contribution is 6.06. The molecule has 8 heteroatoms. The van der Waals surface area contributed by atoms with E-state index in [1.54, 1.807) is 6.20 Å². The number of fused-ring (bicyclic) bond motifs is 1. The van der Waals surface area contributed by atoms with Crippen LogP contribution in [0, 0.1) is 0 Å². The van der Waals surface area contributed by atoms with Crippen molar-refractivity contribution in [3.63, 3.8) is 0 Å². The minimum absolute atomic E-state index is 0.